The highest BCUT2D eigenvalue weighted by atomic mass is 16.5. The van der Waals surface area contributed by atoms with Crippen molar-refractivity contribution in [2.75, 3.05) is 19.7 Å². The van der Waals surface area contributed by atoms with Crippen LogP contribution in [0.1, 0.15) is 22.8 Å². The highest BCUT2D eigenvalue weighted by Gasteiger charge is 2.27. The van der Waals surface area contributed by atoms with Gasteiger partial charge in [-0.1, -0.05) is 24.2 Å². The van der Waals surface area contributed by atoms with Gasteiger partial charge < -0.3 is 20.6 Å². The summed E-state index contributed by atoms with van der Waals surface area (Å²) >= 11 is 0. The summed E-state index contributed by atoms with van der Waals surface area (Å²) in [4.78, 5) is 14.0. The minimum Gasteiger partial charge on any atom is -0.409 e. The number of ether oxygens (including phenoxy) is 1. The minimum absolute atomic E-state index is 0.0103. The van der Waals surface area contributed by atoms with Gasteiger partial charge in [0.15, 0.2) is 5.84 Å². The van der Waals surface area contributed by atoms with Gasteiger partial charge in [-0.25, -0.2) is 0 Å². The molecule has 0 saturated carbocycles. The normalized spacial score (nSPS) is 19.9. The maximum Gasteiger partial charge on any atom is 0.254 e. The molecule has 1 amide bonds. The molecule has 0 bridgehead atoms. The molecule has 1 aliphatic rings. The smallest absolute Gasteiger partial charge is 0.254 e. The number of benzene rings is 1. The predicted octanol–water partition coefficient (Wildman–Crippen LogP) is 0.836. The van der Waals surface area contributed by atoms with Gasteiger partial charge in [-0.3, -0.25) is 4.79 Å². The van der Waals surface area contributed by atoms with Crippen molar-refractivity contribution in [3.8, 4) is 0 Å². The fourth-order valence-electron chi connectivity index (χ4n) is 2.14. The molecule has 1 aliphatic heterocycles. The molecule has 0 radical (unpaired) electrons. The van der Waals surface area contributed by atoms with E-state index in [9.17, 15) is 4.79 Å². The zero-order valence-electron chi connectivity index (χ0n) is 11.5. The number of carbonyl (C=O) groups excluding carboxylic acids is 1. The Hall–Kier alpha value is -2.08. The molecule has 6 nitrogen and oxygen atoms in total. The van der Waals surface area contributed by atoms with E-state index in [0.29, 0.717) is 25.3 Å². The molecular formula is C14H19N3O3. The number of rotatable bonds is 3. The number of hydrogen-bond donors (Lipinski definition) is 2. The maximum atomic E-state index is 12.4. The van der Waals surface area contributed by atoms with Gasteiger partial charge in [0.25, 0.3) is 5.91 Å². The zero-order chi connectivity index (χ0) is 14.5. The summed E-state index contributed by atoms with van der Waals surface area (Å²) in [6.07, 6.45) is 0.394. The Morgan fingerprint density at radius 3 is 2.80 bits per heavy atom. The van der Waals surface area contributed by atoms with Crippen LogP contribution in [-0.2, 0) is 11.2 Å². The molecule has 108 valence electrons. The summed E-state index contributed by atoms with van der Waals surface area (Å²) in [5, 5.41) is 11.6. The van der Waals surface area contributed by atoms with Crippen molar-refractivity contribution in [3.63, 3.8) is 0 Å². The SMILES string of the molecule is CCc1ccc(C(=O)N2CCOC(C(N)=NO)C2)cc1. The third kappa shape index (κ3) is 3.08. The average molecular weight is 277 g/mol. The number of oxime groups is 1. The van der Waals surface area contributed by atoms with Crippen LogP contribution in [0, 0.1) is 0 Å². The van der Waals surface area contributed by atoms with Crippen LogP contribution in [0.3, 0.4) is 0 Å². The number of morpholine rings is 1. The van der Waals surface area contributed by atoms with Gasteiger partial charge in [-0.15, -0.1) is 0 Å². The van der Waals surface area contributed by atoms with Crippen molar-refractivity contribution in [1.82, 2.24) is 4.90 Å². The third-order valence-electron chi connectivity index (χ3n) is 3.41. The van der Waals surface area contributed by atoms with Gasteiger partial charge in [-0.05, 0) is 24.1 Å². The summed E-state index contributed by atoms with van der Waals surface area (Å²) in [7, 11) is 0. The van der Waals surface area contributed by atoms with Crippen molar-refractivity contribution < 1.29 is 14.7 Å². The van der Waals surface area contributed by atoms with E-state index in [4.69, 9.17) is 15.7 Å². The largest absolute Gasteiger partial charge is 0.409 e. The monoisotopic (exact) mass is 277 g/mol. The number of nitrogens with two attached hydrogens (primary N) is 1. The molecule has 6 heteroatoms. The average Bonchev–Trinajstić information content (AvgIpc) is 2.53. The molecule has 0 spiro atoms. The highest BCUT2D eigenvalue weighted by Crippen LogP contribution is 2.12. The lowest BCUT2D eigenvalue weighted by Crippen LogP contribution is -2.50. The minimum atomic E-state index is -0.549. The van der Waals surface area contributed by atoms with Crippen molar-refractivity contribution in [1.29, 1.82) is 0 Å². The maximum absolute atomic E-state index is 12.4. The van der Waals surface area contributed by atoms with Crippen LogP contribution in [0.4, 0.5) is 0 Å². The first-order valence-electron chi connectivity index (χ1n) is 6.63. The molecule has 20 heavy (non-hydrogen) atoms. The first kappa shape index (κ1) is 14.3. The predicted molar refractivity (Wildman–Crippen MR) is 74.9 cm³/mol. The second-order valence-electron chi connectivity index (χ2n) is 4.69. The molecule has 1 unspecified atom stereocenters. The molecule has 1 aromatic rings. The van der Waals surface area contributed by atoms with Crippen LogP contribution >= 0.6 is 0 Å². The Morgan fingerprint density at radius 1 is 1.50 bits per heavy atom. The molecule has 1 aromatic carbocycles. The Kier molecular flexibility index (Phi) is 4.57. The van der Waals surface area contributed by atoms with Crippen molar-refractivity contribution in [2.24, 2.45) is 10.9 Å². The van der Waals surface area contributed by atoms with E-state index in [2.05, 4.69) is 12.1 Å². The lowest BCUT2D eigenvalue weighted by atomic mass is 10.1. The van der Waals surface area contributed by atoms with Crippen LogP contribution in [0.2, 0.25) is 0 Å². The summed E-state index contributed by atoms with van der Waals surface area (Å²) in [5.74, 6) is -0.0736. The number of carbonyl (C=O) groups is 1. The van der Waals surface area contributed by atoms with Gasteiger partial charge in [0.05, 0.1) is 13.2 Å². The van der Waals surface area contributed by atoms with Crippen molar-refractivity contribution >= 4 is 11.7 Å². The molecular weight excluding hydrogens is 258 g/mol. The summed E-state index contributed by atoms with van der Waals surface area (Å²) < 4.78 is 5.37. The van der Waals surface area contributed by atoms with Crippen LogP contribution in [0.25, 0.3) is 0 Å². The van der Waals surface area contributed by atoms with Crippen LogP contribution < -0.4 is 5.73 Å². The second kappa shape index (κ2) is 6.38. The molecule has 1 heterocycles. The van der Waals surface area contributed by atoms with Crippen molar-refractivity contribution in [3.05, 3.63) is 35.4 Å². The Labute approximate surface area is 117 Å². The van der Waals surface area contributed by atoms with E-state index < -0.39 is 6.10 Å². The van der Waals surface area contributed by atoms with E-state index >= 15 is 0 Å². The second-order valence-corrected chi connectivity index (χ2v) is 4.69. The molecule has 1 atom stereocenters. The molecule has 1 saturated heterocycles. The first-order chi connectivity index (χ1) is 9.65. The van der Waals surface area contributed by atoms with Gasteiger partial charge in [0, 0.05) is 12.1 Å². The molecule has 0 aromatic heterocycles. The fourth-order valence-corrected chi connectivity index (χ4v) is 2.14. The quantitative estimate of drug-likeness (QED) is 0.371. The number of amidine groups is 1. The number of aryl methyl sites for hydroxylation is 1. The number of amides is 1. The van der Waals surface area contributed by atoms with Gasteiger partial charge in [-0.2, -0.15) is 0 Å². The Bertz CT molecular complexity index is 499. The topological polar surface area (TPSA) is 88.2 Å². The Morgan fingerprint density at radius 2 is 2.20 bits per heavy atom. The molecule has 3 N–H and O–H groups in total. The lowest BCUT2D eigenvalue weighted by Gasteiger charge is -2.32. The fraction of sp³-hybridized carbons (Fsp3) is 0.429. The van der Waals surface area contributed by atoms with E-state index in [1.165, 1.54) is 5.56 Å². The highest BCUT2D eigenvalue weighted by molar-refractivity contribution is 5.95. The van der Waals surface area contributed by atoms with Crippen molar-refractivity contribution in [2.45, 2.75) is 19.4 Å². The Balaban J connectivity index is 2.07. The van der Waals surface area contributed by atoms with E-state index in [1.807, 2.05) is 24.3 Å². The van der Waals surface area contributed by atoms with Gasteiger partial charge >= 0.3 is 0 Å². The van der Waals surface area contributed by atoms with Gasteiger partial charge in [0.1, 0.15) is 6.10 Å². The van der Waals surface area contributed by atoms with E-state index in [1.54, 1.807) is 4.90 Å². The van der Waals surface area contributed by atoms with Crippen LogP contribution in [-0.4, -0.2) is 47.7 Å². The summed E-state index contributed by atoms with van der Waals surface area (Å²) in [6.45, 7) is 3.24. The lowest BCUT2D eigenvalue weighted by molar-refractivity contribution is 0.00676. The number of nitrogens with zero attached hydrogens (tertiary/aromatic N) is 2. The van der Waals surface area contributed by atoms with E-state index in [0.717, 1.165) is 6.42 Å². The zero-order valence-corrected chi connectivity index (χ0v) is 11.5. The van der Waals surface area contributed by atoms with E-state index in [-0.39, 0.29) is 11.7 Å². The van der Waals surface area contributed by atoms with Gasteiger partial charge in [0.2, 0.25) is 0 Å². The first-order valence-corrected chi connectivity index (χ1v) is 6.63. The molecule has 1 fully saturated rings. The standard InChI is InChI=1S/C14H19N3O3/c1-2-10-3-5-11(6-4-10)14(18)17-7-8-20-12(9-17)13(15)16-19/h3-6,12,19H,2,7-9H2,1H3,(H2,15,16). The molecule has 2 rings (SSSR count). The molecule has 0 aliphatic carbocycles. The van der Waals surface area contributed by atoms with Crippen LogP contribution in [0.5, 0.6) is 0 Å². The third-order valence-corrected chi connectivity index (χ3v) is 3.41. The number of hydrogen-bond acceptors (Lipinski definition) is 4. The summed E-state index contributed by atoms with van der Waals surface area (Å²) in [5.41, 5.74) is 7.36. The van der Waals surface area contributed by atoms with Crippen LogP contribution in [0.15, 0.2) is 29.4 Å². The summed E-state index contributed by atoms with van der Waals surface area (Å²) in [6, 6.07) is 7.56.